The van der Waals surface area contributed by atoms with Crippen LogP contribution in [0.25, 0.3) is 0 Å². The summed E-state index contributed by atoms with van der Waals surface area (Å²) in [5.74, 6) is 0.277. The summed E-state index contributed by atoms with van der Waals surface area (Å²) < 4.78 is 35.1. The summed E-state index contributed by atoms with van der Waals surface area (Å²) in [5, 5.41) is -0.000568. The molecule has 2 bridgehead atoms. The maximum absolute atomic E-state index is 13.3. The van der Waals surface area contributed by atoms with Gasteiger partial charge in [-0.15, -0.1) is 0 Å². The predicted molar refractivity (Wildman–Crippen MR) is 160 cm³/mol. The maximum atomic E-state index is 13.3. The zero-order valence-electron chi connectivity index (χ0n) is 23.4. The zero-order chi connectivity index (χ0) is 28.8. The summed E-state index contributed by atoms with van der Waals surface area (Å²) in [6, 6.07) is 11.3. The minimum atomic E-state index is -3.90. The summed E-state index contributed by atoms with van der Waals surface area (Å²) in [7, 11) is -3.90. The van der Waals surface area contributed by atoms with E-state index in [1.807, 2.05) is 6.07 Å². The molecule has 0 radical (unpaired) electrons. The average molecular weight is 597 g/mol. The Bertz CT molecular complexity index is 1510. The van der Waals surface area contributed by atoms with E-state index in [9.17, 15) is 18.0 Å². The minimum absolute atomic E-state index is 0.0580. The van der Waals surface area contributed by atoms with Gasteiger partial charge in [0.15, 0.2) is 5.78 Å². The number of nitrogens with zero attached hydrogens (tertiary/aromatic N) is 1. The van der Waals surface area contributed by atoms with Crippen LogP contribution in [0, 0.1) is 11.8 Å². The Morgan fingerprint density at radius 2 is 1.98 bits per heavy atom. The number of amides is 1. The van der Waals surface area contributed by atoms with Crippen LogP contribution in [-0.2, 0) is 26.7 Å². The second kappa shape index (κ2) is 11.1. The molecular formula is C32H37ClN2O5S. The molecule has 218 valence electrons. The van der Waals surface area contributed by atoms with Crippen LogP contribution in [0.1, 0.15) is 73.4 Å². The number of ether oxygens (including phenoxy) is 1. The number of hydrogen-bond acceptors (Lipinski definition) is 6. The first-order chi connectivity index (χ1) is 19.7. The van der Waals surface area contributed by atoms with E-state index in [1.54, 1.807) is 37.3 Å². The third-order valence-corrected chi connectivity index (χ3v) is 11.8. The van der Waals surface area contributed by atoms with Crippen molar-refractivity contribution in [3.05, 3.63) is 70.3 Å². The number of anilines is 1. The van der Waals surface area contributed by atoms with E-state index >= 15 is 0 Å². The lowest BCUT2D eigenvalue weighted by Gasteiger charge is -2.44. The number of sulfonamides is 1. The van der Waals surface area contributed by atoms with Gasteiger partial charge in [-0.3, -0.25) is 9.59 Å². The number of ketones is 1. The maximum Gasteiger partial charge on any atom is 0.264 e. The highest BCUT2D eigenvalue weighted by Crippen LogP contribution is 2.46. The van der Waals surface area contributed by atoms with Crippen LogP contribution in [0.4, 0.5) is 5.69 Å². The Balaban J connectivity index is 1.42. The topological polar surface area (TPSA) is 92.8 Å². The number of halogens is 1. The van der Waals surface area contributed by atoms with Gasteiger partial charge in [0.1, 0.15) is 5.75 Å². The Hall–Kier alpha value is -2.84. The van der Waals surface area contributed by atoms with Crippen molar-refractivity contribution in [2.75, 3.05) is 24.6 Å². The van der Waals surface area contributed by atoms with Gasteiger partial charge >= 0.3 is 0 Å². The molecule has 1 amide bonds. The smallest absolute Gasteiger partial charge is 0.264 e. The molecule has 4 aliphatic rings. The van der Waals surface area contributed by atoms with Crippen molar-refractivity contribution in [1.82, 2.24) is 4.72 Å². The molecule has 7 nitrogen and oxygen atoms in total. The molecule has 4 atom stereocenters. The third kappa shape index (κ3) is 5.41. The van der Waals surface area contributed by atoms with Crippen molar-refractivity contribution >= 4 is 39.0 Å². The van der Waals surface area contributed by atoms with E-state index in [0.717, 1.165) is 42.8 Å². The molecule has 9 heteroatoms. The average Bonchev–Trinajstić information content (AvgIpc) is 3.07. The first kappa shape index (κ1) is 28.3. The largest absolute Gasteiger partial charge is 0.490 e. The van der Waals surface area contributed by atoms with Gasteiger partial charge in [-0.2, -0.15) is 0 Å². The van der Waals surface area contributed by atoms with Crippen molar-refractivity contribution < 1.29 is 22.7 Å². The van der Waals surface area contributed by atoms with E-state index in [0.29, 0.717) is 44.7 Å². The van der Waals surface area contributed by atoms with Crippen LogP contribution >= 0.6 is 11.6 Å². The summed E-state index contributed by atoms with van der Waals surface area (Å²) in [6.07, 6.45) is 9.36. The molecule has 0 unspecified atom stereocenters. The first-order valence-electron chi connectivity index (χ1n) is 14.8. The summed E-state index contributed by atoms with van der Waals surface area (Å²) in [4.78, 5) is 28.8. The molecule has 2 heterocycles. The van der Waals surface area contributed by atoms with Gasteiger partial charge in [0.25, 0.3) is 5.91 Å². The molecule has 2 aromatic rings. The number of fused-ring (bicyclic) bond motifs is 4. The first-order valence-corrected chi connectivity index (χ1v) is 16.7. The molecule has 1 spiro atoms. The van der Waals surface area contributed by atoms with Crippen molar-refractivity contribution in [2.45, 2.75) is 69.0 Å². The fourth-order valence-corrected chi connectivity index (χ4v) is 8.78. The van der Waals surface area contributed by atoms with Crippen LogP contribution in [0.3, 0.4) is 0 Å². The van der Waals surface area contributed by atoms with Gasteiger partial charge in [0.2, 0.25) is 10.0 Å². The van der Waals surface area contributed by atoms with Crippen LogP contribution in [0.5, 0.6) is 5.75 Å². The van der Waals surface area contributed by atoms with Crippen molar-refractivity contribution in [3.8, 4) is 5.75 Å². The lowest BCUT2D eigenvalue weighted by Crippen LogP contribution is -2.49. The van der Waals surface area contributed by atoms with Crippen LogP contribution in [-0.4, -0.2) is 45.1 Å². The number of nitrogens with one attached hydrogen (secondary N) is 1. The molecular weight excluding hydrogens is 560 g/mol. The van der Waals surface area contributed by atoms with E-state index in [-0.39, 0.29) is 28.6 Å². The van der Waals surface area contributed by atoms with Crippen LogP contribution < -0.4 is 14.4 Å². The van der Waals surface area contributed by atoms with Gasteiger partial charge in [0, 0.05) is 35.0 Å². The fourth-order valence-electron chi connectivity index (χ4n) is 7.16. The second-order valence-corrected chi connectivity index (χ2v) is 14.5. The van der Waals surface area contributed by atoms with Crippen molar-refractivity contribution in [3.63, 3.8) is 0 Å². The quantitative estimate of drug-likeness (QED) is 0.461. The van der Waals surface area contributed by atoms with E-state index in [1.165, 1.54) is 11.1 Å². The van der Waals surface area contributed by atoms with Gasteiger partial charge in [-0.05, 0) is 105 Å². The standard InChI is InChI=1S/C32H37ClN2O5S/c1-2-25-7-3-4-8-29(36)26-12-9-23(26)18-35-19-32(15-5-6-21-16-24(33)11-13-27(21)32)20-40-30-14-10-22(17-28(30)35)31(37)34-41(25,38)39/h4,8,10-11,13-14,16-17,23,25-26H,2-3,5-7,9,12,15,18-20H2,1H3,(H,34,37)/b8-4+/t23-,25+,26+,32-/m0/s1. The molecule has 6 rings (SSSR count). The number of benzene rings is 2. The second-order valence-electron chi connectivity index (χ2n) is 12.1. The third-order valence-electron chi connectivity index (χ3n) is 9.60. The molecule has 1 saturated carbocycles. The Kier molecular flexibility index (Phi) is 7.66. The molecule has 2 aromatic carbocycles. The lowest BCUT2D eigenvalue weighted by molar-refractivity contribution is -0.122. The summed E-state index contributed by atoms with van der Waals surface area (Å²) in [5.41, 5.74) is 3.25. The highest BCUT2D eigenvalue weighted by molar-refractivity contribution is 7.90. The highest BCUT2D eigenvalue weighted by atomic mass is 35.5. The van der Waals surface area contributed by atoms with Crippen molar-refractivity contribution in [1.29, 1.82) is 0 Å². The van der Waals surface area contributed by atoms with E-state index in [4.69, 9.17) is 16.3 Å². The summed E-state index contributed by atoms with van der Waals surface area (Å²) in [6.45, 7) is 3.61. The van der Waals surface area contributed by atoms with E-state index < -0.39 is 21.2 Å². The molecule has 1 fully saturated rings. The van der Waals surface area contributed by atoms with Gasteiger partial charge in [-0.25, -0.2) is 13.1 Å². The lowest BCUT2D eigenvalue weighted by atomic mass is 9.68. The molecule has 2 aliphatic heterocycles. The fraction of sp³-hybridized carbons (Fsp3) is 0.500. The van der Waals surface area contributed by atoms with E-state index in [2.05, 4.69) is 21.8 Å². The molecule has 0 aromatic heterocycles. The molecule has 2 aliphatic carbocycles. The Morgan fingerprint density at radius 3 is 2.76 bits per heavy atom. The normalized spacial score (nSPS) is 30.2. The Morgan fingerprint density at radius 1 is 1.12 bits per heavy atom. The minimum Gasteiger partial charge on any atom is -0.490 e. The predicted octanol–water partition coefficient (Wildman–Crippen LogP) is 5.60. The zero-order valence-corrected chi connectivity index (χ0v) is 25.0. The molecule has 0 saturated heterocycles. The van der Waals surface area contributed by atoms with Gasteiger partial charge in [-0.1, -0.05) is 30.7 Å². The number of allylic oxidation sites excluding steroid dienone is 2. The number of hydrogen-bond donors (Lipinski definition) is 1. The number of aryl methyl sites for hydroxylation is 1. The van der Waals surface area contributed by atoms with Gasteiger partial charge in [0.05, 0.1) is 17.5 Å². The van der Waals surface area contributed by atoms with Gasteiger partial charge < -0.3 is 9.64 Å². The monoisotopic (exact) mass is 596 g/mol. The highest BCUT2D eigenvalue weighted by Gasteiger charge is 2.44. The molecule has 41 heavy (non-hydrogen) atoms. The van der Waals surface area contributed by atoms with Crippen molar-refractivity contribution in [2.24, 2.45) is 11.8 Å². The van der Waals surface area contributed by atoms with Crippen LogP contribution in [0.2, 0.25) is 5.02 Å². The number of rotatable bonds is 1. The number of carbonyl (C=O) groups excluding carboxylic acids is 2. The molecule has 1 N–H and O–H groups in total. The number of carbonyl (C=O) groups is 2. The summed E-state index contributed by atoms with van der Waals surface area (Å²) >= 11 is 6.37. The van der Waals surface area contributed by atoms with Crippen LogP contribution in [0.15, 0.2) is 48.6 Å². The SMILES string of the molecule is CC[C@@H]1CC/C=C/C(=O)[C@@H]2CC[C@H]2CN2C[C@@]3(CCCc4cc(Cl)ccc43)COc3ccc(cc32)C(=O)NS1(=O)=O. The Labute approximate surface area is 247 Å².